The molecule has 0 atom stereocenters. The number of carboxylic acids is 1. The third kappa shape index (κ3) is 6.89. The molecule has 3 N–H and O–H groups in total. The van der Waals surface area contributed by atoms with Crippen molar-refractivity contribution in [3.63, 3.8) is 0 Å². The lowest BCUT2D eigenvalue weighted by molar-refractivity contribution is -0.192. The summed E-state index contributed by atoms with van der Waals surface area (Å²) in [5.41, 5.74) is 7.28. The van der Waals surface area contributed by atoms with Gasteiger partial charge in [-0.3, -0.25) is 4.90 Å². The number of aliphatic carboxylic acids is 1. The molecule has 0 aliphatic heterocycles. The van der Waals surface area contributed by atoms with Crippen molar-refractivity contribution in [3.8, 4) is 11.1 Å². The van der Waals surface area contributed by atoms with Gasteiger partial charge in [0.05, 0.1) is 12.7 Å². The van der Waals surface area contributed by atoms with Crippen LogP contribution in [0.4, 0.5) is 17.6 Å². The van der Waals surface area contributed by atoms with Gasteiger partial charge in [0.2, 0.25) is 0 Å². The number of nitrogens with two attached hydrogens (primary N) is 1. The zero-order valence-electron chi connectivity index (χ0n) is 13.3. The Hall–Kier alpha value is -2.46. The third-order valence-corrected chi connectivity index (χ3v) is 2.97. The van der Waals surface area contributed by atoms with E-state index in [2.05, 4.69) is 5.16 Å². The van der Waals surface area contributed by atoms with E-state index in [0.29, 0.717) is 13.1 Å². The van der Waals surface area contributed by atoms with Crippen LogP contribution in [0.15, 0.2) is 35.0 Å². The quantitative estimate of drug-likeness (QED) is 0.793. The van der Waals surface area contributed by atoms with Crippen LogP contribution in [-0.2, 0) is 11.3 Å². The number of carbonyl (C=O) groups is 1. The van der Waals surface area contributed by atoms with E-state index >= 15 is 0 Å². The predicted molar refractivity (Wildman–Crippen MR) is 81.0 cm³/mol. The summed E-state index contributed by atoms with van der Waals surface area (Å²) in [4.78, 5) is 10.9. The maximum atomic E-state index is 12.9. The van der Waals surface area contributed by atoms with Gasteiger partial charge in [0.1, 0.15) is 5.82 Å². The first kappa shape index (κ1) is 20.6. The predicted octanol–water partition coefficient (Wildman–Crippen LogP) is 2.50. The van der Waals surface area contributed by atoms with Gasteiger partial charge in [0.25, 0.3) is 0 Å². The lowest BCUT2D eigenvalue weighted by Crippen LogP contribution is -2.24. The van der Waals surface area contributed by atoms with Crippen LogP contribution in [0.1, 0.15) is 5.76 Å². The summed E-state index contributed by atoms with van der Waals surface area (Å²) < 4.78 is 49.9. The molecule has 0 bridgehead atoms. The highest BCUT2D eigenvalue weighted by Gasteiger charge is 2.38. The summed E-state index contributed by atoms with van der Waals surface area (Å²) in [6, 6.07) is 6.29. The number of benzene rings is 1. The Morgan fingerprint density at radius 1 is 1.32 bits per heavy atom. The number of likely N-dealkylation sites (N-methyl/N-ethyl adjacent to an activating group) is 1. The average Bonchev–Trinajstić information content (AvgIpc) is 2.96. The van der Waals surface area contributed by atoms with Crippen molar-refractivity contribution in [3.05, 3.63) is 42.0 Å². The van der Waals surface area contributed by atoms with Crippen LogP contribution >= 0.6 is 0 Å². The molecule has 0 radical (unpaired) electrons. The molecule has 0 spiro atoms. The molecular formula is C15H17F4N3O3. The number of carboxylic acid groups (broad SMARTS) is 1. The molecule has 0 saturated heterocycles. The van der Waals surface area contributed by atoms with Crippen molar-refractivity contribution >= 4 is 5.97 Å². The minimum absolute atomic E-state index is 0.253. The Kier molecular flexibility index (Phi) is 7.52. The number of hydrogen-bond acceptors (Lipinski definition) is 5. The van der Waals surface area contributed by atoms with Gasteiger partial charge in [-0.15, -0.1) is 0 Å². The van der Waals surface area contributed by atoms with Gasteiger partial charge in [-0.1, -0.05) is 17.3 Å². The topological polar surface area (TPSA) is 92.6 Å². The Balaban J connectivity index is 0.000000381. The first-order chi connectivity index (χ1) is 11.6. The molecule has 25 heavy (non-hydrogen) atoms. The van der Waals surface area contributed by atoms with Gasteiger partial charge >= 0.3 is 12.1 Å². The second-order valence-electron chi connectivity index (χ2n) is 5.00. The molecule has 0 aliphatic carbocycles. The van der Waals surface area contributed by atoms with Crippen LogP contribution < -0.4 is 5.73 Å². The van der Waals surface area contributed by atoms with Crippen molar-refractivity contribution in [2.75, 3.05) is 20.1 Å². The summed E-state index contributed by atoms with van der Waals surface area (Å²) >= 11 is 0. The molecule has 10 heteroatoms. The molecule has 0 aliphatic rings. The molecule has 0 fully saturated rings. The summed E-state index contributed by atoms with van der Waals surface area (Å²) in [7, 11) is 1.96. The van der Waals surface area contributed by atoms with Crippen LogP contribution in [-0.4, -0.2) is 47.4 Å². The fourth-order valence-corrected chi connectivity index (χ4v) is 1.79. The Morgan fingerprint density at radius 3 is 2.36 bits per heavy atom. The zero-order valence-corrected chi connectivity index (χ0v) is 13.3. The molecule has 1 aromatic heterocycles. The van der Waals surface area contributed by atoms with Crippen LogP contribution in [0.3, 0.4) is 0 Å². The van der Waals surface area contributed by atoms with E-state index < -0.39 is 12.1 Å². The van der Waals surface area contributed by atoms with Crippen LogP contribution in [0, 0.1) is 5.82 Å². The van der Waals surface area contributed by atoms with Crippen molar-refractivity contribution in [2.45, 2.75) is 12.7 Å². The fourth-order valence-electron chi connectivity index (χ4n) is 1.79. The second-order valence-corrected chi connectivity index (χ2v) is 5.00. The number of nitrogens with zero attached hydrogens (tertiary/aromatic N) is 2. The Bertz CT molecular complexity index is 671. The highest BCUT2D eigenvalue weighted by atomic mass is 19.4. The maximum Gasteiger partial charge on any atom is 0.490 e. The molecule has 138 valence electrons. The van der Waals surface area contributed by atoms with Crippen LogP contribution in [0.2, 0.25) is 0 Å². The number of aromatic nitrogens is 1. The maximum absolute atomic E-state index is 12.9. The first-order valence-corrected chi connectivity index (χ1v) is 7.03. The smallest absolute Gasteiger partial charge is 0.475 e. The number of alkyl halides is 3. The summed E-state index contributed by atoms with van der Waals surface area (Å²) in [6.45, 7) is 2.00. The van der Waals surface area contributed by atoms with E-state index in [1.54, 1.807) is 18.3 Å². The van der Waals surface area contributed by atoms with Crippen LogP contribution in [0.25, 0.3) is 11.1 Å². The molecule has 1 heterocycles. The van der Waals surface area contributed by atoms with Crippen molar-refractivity contribution in [1.82, 2.24) is 10.1 Å². The largest absolute Gasteiger partial charge is 0.490 e. The molecule has 1 aromatic carbocycles. The molecule has 2 aromatic rings. The minimum atomic E-state index is -5.08. The molecule has 0 unspecified atom stereocenters. The number of halogens is 4. The van der Waals surface area contributed by atoms with Gasteiger partial charge in [0.15, 0.2) is 5.76 Å². The highest BCUT2D eigenvalue weighted by Crippen LogP contribution is 2.24. The monoisotopic (exact) mass is 363 g/mol. The van der Waals surface area contributed by atoms with E-state index in [1.165, 1.54) is 12.1 Å². The van der Waals surface area contributed by atoms with Crippen LogP contribution in [0.5, 0.6) is 0 Å². The molecular weight excluding hydrogens is 346 g/mol. The SMILES string of the molecule is CN(CCN)Cc1oncc1-c1ccc(F)cc1.O=C(O)C(F)(F)F. The van der Waals surface area contributed by atoms with E-state index in [-0.39, 0.29) is 5.82 Å². The van der Waals surface area contributed by atoms with Gasteiger partial charge < -0.3 is 15.4 Å². The third-order valence-electron chi connectivity index (χ3n) is 2.97. The summed E-state index contributed by atoms with van der Waals surface area (Å²) in [5, 5.41) is 10.9. The first-order valence-electron chi connectivity index (χ1n) is 7.03. The Morgan fingerprint density at radius 2 is 1.88 bits per heavy atom. The molecule has 0 amide bonds. The summed E-state index contributed by atoms with van der Waals surface area (Å²) in [6.07, 6.45) is -3.43. The molecule has 0 saturated carbocycles. The summed E-state index contributed by atoms with van der Waals surface area (Å²) in [5.74, 6) is -2.25. The lowest BCUT2D eigenvalue weighted by Gasteiger charge is -2.13. The van der Waals surface area contributed by atoms with E-state index in [9.17, 15) is 17.6 Å². The normalized spacial score (nSPS) is 11.2. The fraction of sp³-hybridized carbons (Fsp3) is 0.333. The van der Waals surface area contributed by atoms with Gasteiger partial charge in [0, 0.05) is 18.7 Å². The number of rotatable bonds is 5. The van der Waals surface area contributed by atoms with Gasteiger partial charge in [-0.25, -0.2) is 9.18 Å². The van der Waals surface area contributed by atoms with Crippen molar-refractivity contribution < 1.29 is 32.0 Å². The highest BCUT2D eigenvalue weighted by molar-refractivity contribution is 5.73. The lowest BCUT2D eigenvalue weighted by atomic mass is 10.1. The second kappa shape index (κ2) is 9.14. The minimum Gasteiger partial charge on any atom is -0.475 e. The Labute approximate surface area is 140 Å². The zero-order chi connectivity index (χ0) is 19.0. The molecule has 6 nitrogen and oxygen atoms in total. The van der Waals surface area contributed by atoms with Gasteiger partial charge in [-0.05, 0) is 24.7 Å². The number of hydrogen-bond donors (Lipinski definition) is 2. The average molecular weight is 363 g/mol. The van der Waals surface area contributed by atoms with E-state index in [4.69, 9.17) is 20.2 Å². The standard InChI is InChI=1S/C13H16FN3O.C2HF3O2/c1-17(7-6-15)9-13-12(8-16-18-13)10-2-4-11(14)5-3-10;3-2(4,5)1(6)7/h2-5,8H,6-7,9,15H2,1H3;(H,6,7). The van der Waals surface area contributed by atoms with Crippen molar-refractivity contribution in [2.24, 2.45) is 5.73 Å². The van der Waals surface area contributed by atoms with Crippen molar-refractivity contribution in [1.29, 1.82) is 0 Å². The van der Waals surface area contributed by atoms with E-state index in [0.717, 1.165) is 23.4 Å². The van der Waals surface area contributed by atoms with Gasteiger partial charge in [-0.2, -0.15) is 13.2 Å². The molecule has 2 rings (SSSR count). The van der Waals surface area contributed by atoms with E-state index in [1.807, 2.05) is 11.9 Å².